The lowest BCUT2D eigenvalue weighted by Crippen LogP contribution is -2.26. The molecule has 3 aromatic rings. The lowest BCUT2D eigenvalue weighted by Gasteiger charge is -2.23. The van der Waals surface area contributed by atoms with Crippen molar-refractivity contribution in [3.05, 3.63) is 70.9 Å². The number of hydrogen-bond donors (Lipinski definition) is 3. The van der Waals surface area contributed by atoms with Gasteiger partial charge in [0.2, 0.25) is 0 Å². The molecule has 4 rings (SSSR count). The summed E-state index contributed by atoms with van der Waals surface area (Å²) in [5, 5.41) is 13.5. The monoisotopic (exact) mass is 434 g/mol. The molecule has 1 fully saturated rings. The van der Waals surface area contributed by atoms with E-state index in [1.165, 1.54) is 5.56 Å². The molecule has 3 N–H and O–H groups in total. The van der Waals surface area contributed by atoms with Gasteiger partial charge in [0.25, 0.3) is 5.91 Å². The van der Waals surface area contributed by atoms with E-state index in [-0.39, 0.29) is 5.91 Å². The van der Waals surface area contributed by atoms with Crippen molar-refractivity contribution in [1.29, 1.82) is 0 Å². The van der Waals surface area contributed by atoms with Crippen LogP contribution in [0.4, 0.5) is 5.82 Å². The molecule has 0 bridgehead atoms. The van der Waals surface area contributed by atoms with Gasteiger partial charge in [-0.15, -0.1) is 0 Å². The molecule has 0 aliphatic carbocycles. The Hall–Kier alpha value is -3.32. The van der Waals surface area contributed by atoms with Gasteiger partial charge in [-0.2, -0.15) is 5.10 Å². The molecule has 32 heavy (non-hydrogen) atoms. The van der Waals surface area contributed by atoms with Gasteiger partial charge >= 0.3 is 0 Å². The van der Waals surface area contributed by atoms with Crippen LogP contribution in [-0.2, 0) is 12.8 Å². The molecule has 1 aliphatic rings. The average Bonchev–Trinajstić information content (AvgIpc) is 3.30. The van der Waals surface area contributed by atoms with Crippen molar-refractivity contribution in [2.45, 2.75) is 31.6 Å². The highest BCUT2D eigenvalue weighted by Crippen LogP contribution is 2.26. The second kappa shape index (κ2) is 10.3. The molecule has 1 amide bonds. The van der Waals surface area contributed by atoms with Gasteiger partial charge in [-0.05, 0) is 80.1 Å². The Morgan fingerprint density at radius 3 is 2.34 bits per heavy atom. The number of carbonyl (C=O) groups excluding carboxylic acids is 1. The highest BCUT2D eigenvalue weighted by molar-refractivity contribution is 6.03. The molecule has 7 heteroatoms. The van der Waals surface area contributed by atoms with Crippen LogP contribution in [0.1, 0.15) is 45.9 Å². The second-order valence-electron chi connectivity index (χ2n) is 8.10. The Bertz CT molecular complexity index is 1020. The number of nitrogens with zero attached hydrogens (tertiary/aromatic N) is 1. The number of aromatic nitrogens is 2. The first-order chi connectivity index (χ1) is 15.6. The molecule has 168 valence electrons. The van der Waals surface area contributed by atoms with Crippen LogP contribution in [0.5, 0.6) is 11.5 Å². The number of rotatable bonds is 8. The van der Waals surface area contributed by atoms with Crippen molar-refractivity contribution in [1.82, 2.24) is 15.5 Å². The van der Waals surface area contributed by atoms with Gasteiger partial charge in [-0.25, -0.2) is 0 Å². The average molecular weight is 435 g/mol. The summed E-state index contributed by atoms with van der Waals surface area (Å²) in [4.78, 5) is 12.6. The number of hydrogen-bond acceptors (Lipinski definition) is 5. The van der Waals surface area contributed by atoms with Crippen LogP contribution in [0.25, 0.3) is 0 Å². The van der Waals surface area contributed by atoms with Crippen molar-refractivity contribution in [3.63, 3.8) is 0 Å². The molecular formula is C25H30N4O3. The smallest absolute Gasteiger partial charge is 0.256 e. The number of methoxy groups -OCH3 is 2. The summed E-state index contributed by atoms with van der Waals surface area (Å²) in [6.45, 7) is 2.11. The molecule has 2 aromatic carbocycles. The minimum atomic E-state index is -0.155. The van der Waals surface area contributed by atoms with Crippen LogP contribution >= 0.6 is 0 Å². The number of benzene rings is 2. The number of ether oxygens (including phenoxy) is 2. The van der Waals surface area contributed by atoms with E-state index < -0.39 is 0 Å². The lowest BCUT2D eigenvalue weighted by molar-refractivity contribution is 0.102. The predicted octanol–water partition coefficient (Wildman–Crippen LogP) is 3.93. The Balaban J connectivity index is 1.33. The number of H-pyrrole nitrogens is 1. The molecular weight excluding hydrogens is 404 g/mol. The highest BCUT2D eigenvalue weighted by Gasteiger charge is 2.16. The van der Waals surface area contributed by atoms with Crippen molar-refractivity contribution >= 4 is 11.7 Å². The zero-order valence-corrected chi connectivity index (χ0v) is 18.6. The molecule has 0 unspecified atom stereocenters. The van der Waals surface area contributed by atoms with Gasteiger partial charge in [-0.3, -0.25) is 9.89 Å². The number of aryl methyl sites for hydroxylation is 2. The summed E-state index contributed by atoms with van der Waals surface area (Å²) in [5.41, 5.74) is 3.99. The molecule has 1 saturated heterocycles. The number of anilines is 1. The third-order valence-electron chi connectivity index (χ3n) is 5.95. The standard InChI is InChI=1S/C25H30N4O3/c1-31-22-13-17(14-23(16-22)32-2)3-8-21-15-24(29-28-21)27-25(30)20-6-4-18(5-7-20)19-9-11-26-12-10-19/h4-7,13-16,19,26H,3,8-12H2,1-2H3,(H2,27,28,29,30). The van der Waals surface area contributed by atoms with Crippen LogP contribution in [0.3, 0.4) is 0 Å². The second-order valence-corrected chi connectivity index (χ2v) is 8.10. The van der Waals surface area contributed by atoms with E-state index in [9.17, 15) is 4.79 Å². The molecule has 0 saturated carbocycles. The molecule has 1 aromatic heterocycles. The number of carbonyl (C=O) groups is 1. The number of amides is 1. The quantitative estimate of drug-likeness (QED) is 0.500. The van der Waals surface area contributed by atoms with E-state index >= 15 is 0 Å². The van der Waals surface area contributed by atoms with Gasteiger partial charge in [-0.1, -0.05) is 12.1 Å². The number of piperidine rings is 1. The first-order valence-electron chi connectivity index (χ1n) is 11.0. The number of aromatic amines is 1. The Morgan fingerprint density at radius 1 is 1.00 bits per heavy atom. The summed E-state index contributed by atoms with van der Waals surface area (Å²) in [7, 11) is 3.28. The molecule has 0 spiro atoms. The van der Waals surface area contributed by atoms with Crippen molar-refractivity contribution in [3.8, 4) is 11.5 Å². The van der Waals surface area contributed by atoms with Crippen LogP contribution in [0.15, 0.2) is 48.5 Å². The molecule has 2 heterocycles. The Morgan fingerprint density at radius 2 is 1.69 bits per heavy atom. The van der Waals surface area contributed by atoms with E-state index in [1.54, 1.807) is 14.2 Å². The Labute approximate surface area is 188 Å². The third-order valence-corrected chi connectivity index (χ3v) is 5.95. The summed E-state index contributed by atoms with van der Waals surface area (Å²) in [5.74, 6) is 2.48. The summed E-state index contributed by atoms with van der Waals surface area (Å²) in [6, 6.07) is 15.7. The lowest BCUT2D eigenvalue weighted by atomic mass is 9.90. The minimum Gasteiger partial charge on any atom is -0.497 e. The van der Waals surface area contributed by atoms with E-state index in [0.29, 0.717) is 17.3 Å². The third kappa shape index (κ3) is 5.48. The van der Waals surface area contributed by atoms with Gasteiger partial charge in [0.15, 0.2) is 5.82 Å². The normalized spacial score (nSPS) is 14.2. The predicted molar refractivity (Wildman–Crippen MR) is 125 cm³/mol. The first-order valence-corrected chi connectivity index (χ1v) is 11.0. The maximum absolute atomic E-state index is 12.6. The molecule has 0 radical (unpaired) electrons. The van der Waals surface area contributed by atoms with Gasteiger partial charge in [0.05, 0.1) is 14.2 Å². The fourth-order valence-corrected chi connectivity index (χ4v) is 4.09. The fourth-order valence-electron chi connectivity index (χ4n) is 4.09. The maximum atomic E-state index is 12.6. The van der Waals surface area contributed by atoms with Crippen LogP contribution < -0.4 is 20.1 Å². The zero-order valence-electron chi connectivity index (χ0n) is 18.6. The van der Waals surface area contributed by atoms with E-state index in [4.69, 9.17) is 9.47 Å². The van der Waals surface area contributed by atoms with E-state index in [0.717, 1.165) is 61.5 Å². The maximum Gasteiger partial charge on any atom is 0.256 e. The van der Waals surface area contributed by atoms with Gasteiger partial charge in [0.1, 0.15) is 11.5 Å². The first kappa shape index (κ1) is 21.9. The fraction of sp³-hybridized carbons (Fsp3) is 0.360. The largest absolute Gasteiger partial charge is 0.497 e. The topological polar surface area (TPSA) is 88.3 Å². The van der Waals surface area contributed by atoms with E-state index in [2.05, 4.69) is 33.0 Å². The van der Waals surface area contributed by atoms with Crippen LogP contribution in [0.2, 0.25) is 0 Å². The molecule has 7 nitrogen and oxygen atoms in total. The summed E-state index contributed by atoms with van der Waals surface area (Å²) in [6.07, 6.45) is 3.83. The van der Waals surface area contributed by atoms with Crippen LogP contribution in [-0.4, -0.2) is 43.4 Å². The van der Waals surface area contributed by atoms with Crippen LogP contribution in [0, 0.1) is 0 Å². The summed E-state index contributed by atoms with van der Waals surface area (Å²) < 4.78 is 10.7. The van der Waals surface area contributed by atoms with Gasteiger partial charge < -0.3 is 20.1 Å². The minimum absolute atomic E-state index is 0.155. The Kier molecular flexibility index (Phi) is 7.07. The number of nitrogens with one attached hydrogen (secondary N) is 3. The SMILES string of the molecule is COc1cc(CCc2cc(NC(=O)c3ccc(C4CCNCC4)cc3)n[nH]2)cc(OC)c1. The van der Waals surface area contributed by atoms with Gasteiger partial charge in [0, 0.05) is 23.4 Å². The highest BCUT2D eigenvalue weighted by atomic mass is 16.5. The molecule has 0 atom stereocenters. The van der Waals surface area contributed by atoms with Crippen molar-refractivity contribution < 1.29 is 14.3 Å². The zero-order chi connectivity index (χ0) is 22.3. The summed E-state index contributed by atoms with van der Waals surface area (Å²) >= 11 is 0. The van der Waals surface area contributed by atoms with E-state index in [1.807, 2.05) is 36.4 Å². The van der Waals surface area contributed by atoms with Crippen molar-refractivity contribution in [2.75, 3.05) is 32.6 Å². The van der Waals surface area contributed by atoms with Crippen molar-refractivity contribution in [2.24, 2.45) is 0 Å². The molecule has 1 aliphatic heterocycles.